The SMILES string of the molecule is O=C(CCc1c(-c2ccccc2)[nH]c2ccc(F)cc12)NNC(=O)c1ccc2c(c1)OCCO2. The normalized spacial score (nSPS) is 12.4. The van der Waals surface area contributed by atoms with E-state index in [1.54, 1.807) is 24.3 Å². The number of fused-ring (bicyclic) bond motifs is 2. The predicted octanol–water partition coefficient (Wildman–Crippen LogP) is 4.14. The molecule has 0 bridgehead atoms. The average molecular weight is 459 g/mol. The number of ether oxygens (including phenoxy) is 2. The van der Waals surface area contributed by atoms with E-state index in [4.69, 9.17) is 9.47 Å². The topological polar surface area (TPSA) is 92.5 Å². The number of carbonyl (C=O) groups excluding carboxylic acids is 2. The van der Waals surface area contributed by atoms with E-state index < -0.39 is 5.91 Å². The van der Waals surface area contributed by atoms with Crippen molar-refractivity contribution < 1.29 is 23.5 Å². The molecule has 0 saturated carbocycles. The van der Waals surface area contributed by atoms with Gasteiger partial charge in [-0.15, -0.1) is 0 Å². The van der Waals surface area contributed by atoms with E-state index in [1.165, 1.54) is 12.1 Å². The fourth-order valence-corrected chi connectivity index (χ4v) is 4.02. The Balaban J connectivity index is 1.27. The Kier molecular flexibility index (Phi) is 5.86. The maximum Gasteiger partial charge on any atom is 0.269 e. The molecule has 1 aliphatic rings. The number of aromatic amines is 1. The fraction of sp³-hybridized carbons (Fsp3) is 0.154. The van der Waals surface area contributed by atoms with Crippen LogP contribution >= 0.6 is 0 Å². The van der Waals surface area contributed by atoms with Crippen LogP contribution in [0.5, 0.6) is 11.5 Å². The highest BCUT2D eigenvalue weighted by molar-refractivity contribution is 5.96. The van der Waals surface area contributed by atoms with Crippen molar-refractivity contribution in [2.24, 2.45) is 0 Å². The molecule has 4 aromatic rings. The summed E-state index contributed by atoms with van der Waals surface area (Å²) in [5.41, 5.74) is 8.63. The van der Waals surface area contributed by atoms with Crippen molar-refractivity contribution in [1.29, 1.82) is 0 Å². The number of nitrogens with one attached hydrogen (secondary N) is 3. The lowest BCUT2D eigenvalue weighted by Crippen LogP contribution is -2.41. The molecule has 2 heterocycles. The number of aryl methyl sites for hydroxylation is 1. The van der Waals surface area contributed by atoms with E-state index in [9.17, 15) is 14.0 Å². The molecule has 1 aliphatic heterocycles. The lowest BCUT2D eigenvalue weighted by atomic mass is 10.0. The van der Waals surface area contributed by atoms with Crippen LogP contribution in [0.4, 0.5) is 4.39 Å². The smallest absolute Gasteiger partial charge is 0.269 e. The van der Waals surface area contributed by atoms with Gasteiger partial charge in [0, 0.05) is 28.6 Å². The van der Waals surface area contributed by atoms with Gasteiger partial charge in [0.2, 0.25) is 5.91 Å². The molecule has 0 unspecified atom stereocenters. The van der Waals surface area contributed by atoms with E-state index in [-0.39, 0.29) is 18.1 Å². The summed E-state index contributed by atoms with van der Waals surface area (Å²) in [5.74, 6) is -0.106. The van der Waals surface area contributed by atoms with Crippen LogP contribution in [-0.4, -0.2) is 30.0 Å². The monoisotopic (exact) mass is 459 g/mol. The highest BCUT2D eigenvalue weighted by Gasteiger charge is 2.17. The van der Waals surface area contributed by atoms with Gasteiger partial charge in [0.15, 0.2) is 11.5 Å². The Morgan fingerprint density at radius 2 is 1.71 bits per heavy atom. The van der Waals surface area contributed by atoms with Gasteiger partial charge in [0.05, 0.1) is 0 Å². The van der Waals surface area contributed by atoms with Crippen molar-refractivity contribution >= 4 is 22.7 Å². The minimum absolute atomic E-state index is 0.102. The van der Waals surface area contributed by atoms with Crippen molar-refractivity contribution in [2.45, 2.75) is 12.8 Å². The Morgan fingerprint density at radius 3 is 2.53 bits per heavy atom. The minimum atomic E-state index is -0.468. The molecule has 0 saturated heterocycles. The number of carbonyl (C=O) groups is 2. The predicted molar refractivity (Wildman–Crippen MR) is 125 cm³/mol. The molecule has 3 aromatic carbocycles. The first-order chi connectivity index (χ1) is 16.6. The molecule has 0 spiro atoms. The number of aromatic nitrogens is 1. The van der Waals surface area contributed by atoms with Crippen molar-refractivity contribution in [3.05, 3.63) is 83.7 Å². The van der Waals surface area contributed by atoms with Crippen LogP contribution < -0.4 is 20.3 Å². The van der Waals surface area contributed by atoms with Gasteiger partial charge in [-0.3, -0.25) is 20.4 Å². The van der Waals surface area contributed by atoms with Gasteiger partial charge in [-0.2, -0.15) is 0 Å². The van der Waals surface area contributed by atoms with Gasteiger partial charge in [-0.1, -0.05) is 30.3 Å². The summed E-state index contributed by atoms with van der Waals surface area (Å²) in [6, 6.07) is 19.1. The molecule has 0 atom stereocenters. The second-order valence-electron chi connectivity index (χ2n) is 7.90. The molecule has 2 amide bonds. The molecule has 7 nitrogen and oxygen atoms in total. The molecular weight excluding hydrogens is 437 g/mol. The largest absolute Gasteiger partial charge is 0.486 e. The number of hydrogen-bond acceptors (Lipinski definition) is 4. The quantitative estimate of drug-likeness (QED) is 0.391. The van der Waals surface area contributed by atoms with E-state index >= 15 is 0 Å². The zero-order valence-electron chi connectivity index (χ0n) is 18.2. The van der Waals surface area contributed by atoms with Gasteiger partial charge in [0.1, 0.15) is 19.0 Å². The molecule has 0 fully saturated rings. The van der Waals surface area contributed by atoms with Crippen LogP contribution in [0.3, 0.4) is 0 Å². The number of benzene rings is 3. The van der Waals surface area contributed by atoms with E-state index in [2.05, 4.69) is 15.8 Å². The van der Waals surface area contributed by atoms with E-state index in [0.717, 1.165) is 27.7 Å². The third-order valence-corrected chi connectivity index (χ3v) is 5.65. The fourth-order valence-electron chi connectivity index (χ4n) is 4.02. The van der Waals surface area contributed by atoms with Gasteiger partial charge < -0.3 is 14.5 Å². The van der Waals surface area contributed by atoms with Crippen LogP contribution in [0.1, 0.15) is 22.3 Å². The van der Waals surface area contributed by atoms with Crippen molar-refractivity contribution in [3.8, 4) is 22.8 Å². The van der Waals surface area contributed by atoms with E-state index in [0.29, 0.717) is 36.7 Å². The summed E-state index contributed by atoms with van der Waals surface area (Å²) in [6.07, 6.45) is 0.462. The second-order valence-corrected chi connectivity index (χ2v) is 7.90. The molecule has 1 aromatic heterocycles. The van der Waals surface area contributed by atoms with Gasteiger partial charge in [0.25, 0.3) is 5.91 Å². The van der Waals surface area contributed by atoms with Gasteiger partial charge in [-0.05, 0) is 53.9 Å². The maximum absolute atomic E-state index is 13.9. The first-order valence-corrected chi connectivity index (χ1v) is 10.9. The Morgan fingerprint density at radius 1 is 0.912 bits per heavy atom. The average Bonchev–Trinajstić information content (AvgIpc) is 3.23. The summed E-state index contributed by atoms with van der Waals surface area (Å²) < 4.78 is 24.9. The van der Waals surface area contributed by atoms with Crippen LogP contribution in [0.25, 0.3) is 22.2 Å². The molecule has 172 valence electrons. The molecule has 0 aliphatic carbocycles. The van der Waals surface area contributed by atoms with Crippen LogP contribution in [0.15, 0.2) is 66.7 Å². The van der Waals surface area contributed by atoms with Crippen molar-refractivity contribution in [2.75, 3.05) is 13.2 Å². The molecule has 5 rings (SSSR count). The lowest BCUT2D eigenvalue weighted by molar-refractivity contribution is -0.121. The third kappa shape index (κ3) is 4.43. The Labute approximate surface area is 194 Å². The number of amides is 2. The standard InChI is InChI=1S/C26H22FN3O4/c27-18-7-9-21-20(15-18)19(25(28-21)16-4-2-1-3-5-16)8-11-24(31)29-30-26(32)17-6-10-22-23(14-17)34-13-12-33-22/h1-7,9-10,14-15,28H,8,11-13H2,(H,29,31)(H,30,32). The summed E-state index contributed by atoms with van der Waals surface area (Å²) in [7, 11) is 0. The highest BCUT2D eigenvalue weighted by Crippen LogP contribution is 2.32. The van der Waals surface area contributed by atoms with Crippen molar-refractivity contribution in [3.63, 3.8) is 0 Å². The second kappa shape index (κ2) is 9.27. The number of rotatable bonds is 5. The Bertz CT molecular complexity index is 1370. The summed E-state index contributed by atoms with van der Waals surface area (Å²) in [6.45, 7) is 0.876. The number of halogens is 1. The Hall–Kier alpha value is -4.33. The summed E-state index contributed by atoms with van der Waals surface area (Å²) >= 11 is 0. The lowest BCUT2D eigenvalue weighted by Gasteiger charge is -2.18. The molecule has 3 N–H and O–H groups in total. The number of hydrogen-bond donors (Lipinski definition) is 3. The summed E-state index contributed by atoms with van der Waals surface area (Å²) in [4.78, 5) is 28.3. The minimum Gasteiger partial charge on any atom is -0.486 e. The zero-order valence-corrected chi connectivity index (χ0v) is 18.2. The van der Waals surface area contributed by atoms with Gasteiger partial charge >= 0.3 is 0 Å². The zero-order chi connectivity index (χ0) is 23.5. The summed E-state index contributed by atoms with van der Waals surface area (Å²) in [5, 5.41) is 0.729. The van der Waals surface area contributed by atoms with Gasteiger partial charge in [-0.25, -0.2) is 4.39 Å². The molecular formula is C26H22FN3O4. The van der Waals surface area contributed by atoms with Crippen LogP contribution in [0, 0.1) is 5.82 Å². The highest BCUT2D eigenvalue weighted by atomic mass is 19.1. The number of H-pyrrole nitrogens is 1. The first-order valence-electron chi connectivity index (χ1n) is 10.9. The van der Waals surface area contributed by atoms with Crippen molar-refractivity contribution in [1.82, 2.24) is 15.8 Å². The van der Waals surface area contributed by atoms with Crippen LogP contribution in [-0.2, 0) is 11.2 Å². The van der Waals surface area contributed by atoms with E-state index in [1.807, 2.05) is 30.3 Å². The molecule has 8 heteroatoms. The molecule has 0 radical (unpaired) electrons. The maximum atomic E-state index is 13.9. The number of hydrazine groups is 1. The molecule has 34 heavy (non-hydrogen) atoms. The first kappa shape index (κ1) is 21.5. The third-order valence-electron chi connectivity index (χ3n) is 5.65. The van der Waals surface area contributed by atoms with Crippen LogP contribution in [0.2, 0.25) is 0 Å².